The van der Waals surface area contributed by atoms with E-state index in [0.29, 0.717) is 47.3 Å². The van der Waals surface area contributed by atoms with E-state index in [2.05, 4.69) is 10.3 Å². The SMILES string of the molecule is O=C(Cc1cccc(S(O)(O)N2CCOCC2)c1)Nc1cc(-c2ccnc(F)c2)cs1. The molecule has 3 N–H and O–H groups in total. The van der Waals surface area contributed by atoms with E-state index in [1.165, 1.54) is 23.6 Å². The fourth-order valence-electron chi connectivity index (χ4n) is 3.28. The van der Waals surface area contributed by atoms with E-state index < -0.39 is 16.7 Å². The normalized spacial score (nSPS) is 15.6. The topological polar surface area (TPSA) is 94.9 Å². The van der Waals surface area contributed by atoms with Crippen LogP contribution in [0.3, 0.4) is 0 Å². The average molecular weight is 464 g/mol. The summed E-state index contributed by atoms with van der Waals surface area (Å²) in [4.78, 5) is 16.5. The van der Waals surface area contributed by atoms with Gasteiger partial charge in [0.1, 0.15) is 0 Å². The molecule has 3 heterocycles. The van der Waals surface area contributed by atoms with Gasteiger partial charge in [-0.1, -0.05) is 12.1 Å². The number of anilines is 1. The lowest BCUT2D eigenvalue weighted by molar-refractivity contribution is -0.115. The number of benzene rings is 1. The summed E-state index contributed by atoms with van der Waals surface area (Å²) in [6, 6.07) is 11.6. The first kappa shape index (κ1) is 21.9. The fourth-order valence-corrected chi connectivity index (χ4v) is 5.63. The number of pyridine rings is 1. The van der Waals surface area contributed by atoms with Gasteiger partial charge in [0.25, 0.3) is 0 Å². The number of aromatic nitrogens is 1. The van der Waals surface area contributed by atoms with E-state index >= 15 is 0 Å². The lowest BCUT2D eigenvalue weighted by Gasteiger charge is -2.44. The quantitative estimate of drug-likeness (QED) is 0.467. The third-order valence-corrected chi connectivity index (χ3v) is 7.65. The minimum atomic E-state index is -3.12. The van der Waals surface area contributed by atoms with Gasteiger partial charge in [-0.2, -0.15) is 8.70 Å². The van der Waals surface area contributed by atoms with Crippen molar-refractivity contribution in [1.82, 2.24) is 9.29 Å². The molecule has 0 unspecified atom stereocenters. The highest BCUT2D eigenvalue weighted by molar-refractivity contribution is 8.22. The first-order valence-corrected chi connectivity index (χ1v) is 12.0. The Kier molecular flexibility index (Phi) is 6.65. The van der Waals surface area contributed by atoms with Gasteiger partial charge in [-0.3, -0.25) is 13.9 Å². The Labute approximate surface area is 185 Å². The van der Waals surface area contributed by atoms with Crippen molar-refractivity contribution >= 4 is 33.0 Å². The van der Waals surface area contributed by atoms with Gasteiger partial charge in [-0.25, -0.2) is 4.98 Å². The second kappa shape index (κ2) is 9.43. The van der Waals surface area contributed by atoms with Crippen LogP contribution in [0.15, 0.2) is 58.9 Å². The number of amides is 1. The highest BCUT2D eigenvalue weighted by Crippen LogP contribution is 2.51. The summed E-state index contributed by atoms with van der Waals surface area (Å²) in [6.07, 6.45) is 1.48. The monoisotopic (exact) mass is 463 g/mol. The van der Waals surface area contributed by atoms with Gasteiger partial charge in [0.05, 0.1) is 29.5 Å². The molecule has 3 aromatic rings. The molecule has 1 amide bonds. The zero-order valence-electron chi connectivity index (χ0n) is 16.5. The minimum absolute atomic E-state index is 0.0869. The molecule has 0 spiro atoms. The minimum Gasteiger partial charge on any atom is -0.379 e. The summed E-state index contributed by atoms with van der Waals surface area (Å²) >= 11 is 1.35. The number of carbonyl (C=O) groups is 1. The predicted octanol–water partition coefficient (Wildman–Crippen LogP) is 4.49. The molecule has 0 radical (unpaired) electrons. The van der Waals surface area contributed by atoms with Crippen molar-refractivity contribution in [1.29, 1.82) is 0 Å². The molecule has 1 fully saturated rings. The van der Waals surface area contributed by atoms with Crippen LogP contribution < -0.4 is 5.32 Å². The molecule has 7 nitrogen and oxygen atoms in total. The average Bonchev–Trinajstić information content (AvgIpc) is 3.23. The van der Waals surface area contributed by atoms with Crippen molar-refractivity contribution in [2.45, 2.75) is 11.3 Å². The zero-order valence-corrected chi connectivity index (χ0v) is 18.2. The number of nitrogens with zero attached hydrogens (tertiary/aromatic N) is 2. The van der Waals surface area contributed by atoms with Crippen LogP contribution in [-0.4, -0.2) is 50.6 Å². The maximum absolute atomic E-state index is 13.3. The van der Waals surface area contributed by atoms with Crippen LogP contribution in [0.4, 0.5) is 9.39 Å². The number of rotatable bonds is 6. The van der Waals surface area contributed by atoms with Crippen LogP contribution in [0.2, 0.25) is 0 Å². The fraction of sp³-hybridized carbons (Fsp3) is 0.238. The van der Waals surface area contributed by atoms with Crippen LogP contribution in [0.5, 0.6) is 0 Å². The van der Waals surface area contributed by atoms with E-state index in [0.717, 1.165) is 5.56 Å². The van der Waals surface area contributed by atoms with Crippen LogP contribution in [-0.2, 0) is 16.0 Å². The van der Waals surface area contributed by atoms with Gasteiger partial charge in [-0.05, 0) is 41.0 Å². The second-order valence-corrected chi connectivity index (χ2v) is 9.94. The smallest absolute Gasteiger partial charge is 0.229 e. The van der Waals surface area contributed by atoms with Gasteiger partial charge in [-0.15, -0.1) is 22.1 Å². The van der Waals surface area contributed by atoms with Crippen LogP contribution in [0.1, 0.15) is 5.56 Å². The Bertz CT molecular complexity index is 1070. The molecule has 1 saturated heterocycles. The lowest BCUT2D eigenvalue weighted by Crippen LogP contribution is -2.38. The summed E-state index contributed by atoms with van der Waals surface area (Å²) in [5.41, 5.74) is 2.16. The Morgan fingerprint density at radius 3 is 2.77 bits per heavy atom. The molecule has 0 bridgehead atoms. The van der Waals surface area contributed by atoms with Crippen LogP contribution in [0, 0.1) is 5.95 Å². The highest BCUT2D eigenvalue weighted by Gasteiger charge is 2.27. The molecule has 0 aliphatic carbocycles. The number of ether oxygens (including phenoxy) is 1. The molecule has 0 saturated carbocycles. The number of halogens is 1. The lowest BCUT2D eigenvalue weighted by atomic mass is 10.1. The molecule has 0 atom stereocenters. The van der Waals surface area contributed by atoms with E-state index in [-0.39, 0.29) is 12.3 Å². The third-order valence-electron chi connectivity index (χ3n) is 4.83. The summed E-state index contributed by atoms with van der Waals surface area (Å²) < 4.78 is 41.6. The molecule has 31 heavy (non-hydrogen) atoms. The number of hydrogen-bond donors (Lipinski definition) is 3. The number of carbonyl (C=O) groups excluding carboxylic acids is 1. The summed E-state index contributed by atoms with van der Waals surface area (Å²) in [7, 11) is -3.12. The van der Waals surface area contributed by atoms with Gasteiger partial charge in [0.15, 0.2) is 0 Å². The molecule has 1 aliphatic rings. The van der Waals surface area contributed by atoms with Crippen molar-refractivity contribution in [2.75, 3.05) is 31.6 Å². The van der Waals surface area contributed by atoms with E-state index in [1.807, 2.05) is 5.38 Å². The highest BCUT2D eigenvalue weighted by atomic mass is 32.3. The van der Waals surface area contributed by atoms with Crippen molar-refractivity contribution in [3.05, 3.63) is 65.6 Å². The van der Waals surface area contributed by atoms with E-state index in [9.17, 15) is 18.3 Å². The number of morpholine rings is 1. The van der Waals surface area contributed by atoms with Crippen molar-refractivity contribution in [3.63, 3.8) is 0 Å². The van der Waals surface area contributed by atoms with Gasteiger partial charge in [0, 0.05) is 30.7 Å². The van der Waals surface area contributed by atoms with Gasteiger partial charge in [0.2, 0.25) is 11.9 Å². The molecule has 2 aromatic heterocycles. The molecule has 1 aromatic carbocycles. The number of hydrogen-bond acceptors (Lipinski definition) is 7. The Morgan fingerprint density at radius 1 is 1.19 bits per heavy atom. The molecule has 1 aliphatic heterocycles. The van der Waals surface area contributed by atoms with Crippen molar-refractivity contribution < 1.29 is 23.0 Å². The number of nitrogens with one attached hydrogen (secondary N) is 1. The summed E-state index contributed by atoms with van der Waals surface area (Å²) in [5, 5.41) is 5.32. The van der Waals surface area contributed by atoms with Crippen molar-refractivity contribution in [2.24, 2.45) is 0 Å². The summed E-state index contributed by atoms with van der Waals surface area (Å²) in [6.45, 7) is 1.78. The first-order valence-electron chi connectivity index (χ1n) is 9.62. The van der Waals surface area contributed by atoms with Gasteiger partial charge < -0.3 is 10.1 Å². The summed E-state index contributed by atoms with van der Waals surface area (Å²) in [5.74, 6) is -0.786. The standard InChI is InChI=1S/C21H22FN3O4S2/c22-19-12-16(4-5-23-19)17-13-21(30-14-17)24-20(26)11-15-2-1-3-18(10-15)31(27,28)25-6-8-29-9-7-25/h1-5,10,12-14,27-28H,6-9,11H2,(H,24,26). The maximum Gasteiger partial charge on any atom is 0.229 e. The molecule has 10 heteroatoms. The molecular formula is C21H22FN3O4S2. The zero-order chi connectivity index (χ0) is 21.8. The Hall–Kier alpha value is -2.34. The van der Waals surface area contributed by atoms with Crippen LogP contribution >= 0.6 is 22.1 Å². The first-order chi connectivity index (χ1) is 14.9. The second-order valence-electron chi connectivity index (χ2n) is 7.00. The largest absolute Gasteiger partial charge is 0.379 e. The van der Waals surface area contributed by atoms with Crippen molar-refractivity contribution in [3.8, 4) is 11.1 Å². The predicted molar refractivity (Wildman–Crippen MR) is 120 cm³/mol. The van der Waals surface area contributed by atoms with Crippen LogP contribution in [0.25, 0.3) is 11.1 Å². The van der Waals surface area contributed by atoms with Gasteiger partial charge >= 0.3 is 0 Å². The third kappa shape index (κ3) is 5.29. The molecular weight excluding hydrogens is 441 g/mol. The Balaban J connectivity index is 1.42. The van der Waals surface area contributed by atoms with E-state index in [1.54, 1.807) is 40.7 Å². The molecule has 4 rings (SSSR count). The Morgan fingerprint density at radius 2 is 2.00 bits per heavy atom. The number of thiophene rings is 1. The van der Waals surface area contributed by atoms with E-state index in [4.69, 9.17) is 4.74 Å². The molecule has 164 valence electrons. The maximum atomic E-state index is 13.3.